The van der Waals surface area contributed by atoms with Crippen LogP contribution < -0.4 is 5.73 Å². The monoisotopic (exact) mass is 286 g/mol. The lowest BCUT2D eigenvalue weighted by Crippen LogP contribution is -2.38. The lowest BCUT2D eigenvalue weighted by atomic mass is 9.78. The first kappa shape index (κ1) is 14.6. The van der Waals surface area contributed by atoms with Gasteiger partial charge in [-0.1, -0.05) is 36.2 Å². The molecule has 3 rings (SSSR count). The zero-order valence-electron chi connectivity index (χ0n) is 12.9. The van der Waals surface area contributed by atoms with Crippen LogP contribution in [0.15, 0.2) is 24.3 Å². The number of nitrogens with zero attached hydrogens (tertiary/aromatic N) is 1. The molecule has 21 heavy (non-hydrogen) atoms. The van der Waals surface area contributed by atoms with E-state index in [-0.39, 0.29) is 0 Å². The topological polar surface area (TPSA) is 46.3 Å². The molecule has 1 heterocycles. The second kappa shape index (κ2) is 6.18. The SMILES string of the molecule is Cc1cccc(CCC(=O)N2CC3CCCC(N)C3C2)c1. The number of hydrogen-bond donors (Lipinski definition) is 1. The third kappa shape index (κ3) is 3.29. The Morgan fingerprint density at radius 2 is 2.19 bits per heavy atom. The molecule has 2 aliphatic rings. The van der Waals surface area contributed by atoms with Crippen LogP contribution in [0, 0.1) is 18.8 Å². The molecular formula is C18H26N2O. The molecule has 0 aromatic heterocycles. The summed E-state index contributed by atoms with van der Waals surface area (Å²) in [6.45, 7) is 3.92. The third-order valence-corrected chi connectivity index (χ3v) is 5.22. The summed E-state index contributed by atoms with van der Waals surface area (Å²) in [6.07, 6.45) is 5.08. The van der Waals surface area contributed by atoms with Crippen molar-refractivity contribution in [1.29, 1.82) is 0 Å². The second-order valence-corrected chi connectivity index (χ2v) is 6.81. The van der Waals surface area contributed by atoms with E-state index in [1.165, 1.54) is 24.0 Å². The molecule has 3 heteroatoms. The first-order valence-corrected chi connectivity index (χ1v) is 8.22. The minimum absolute atomic E-state index is 0.304. The summed E-state index contributed by atoms with van der Waals surface area (Å²) in [4.78, 5) is 14.5. The predicted molar refractivity (Wildman–Crippen MR) is 84.9 cm³/mol. The van der Waals surface area contributed by atoms with Crippen molar-refractivity contribution in [3.8, 4) is 0 Å². The van der Waals surface area contributed by atoms with E-state index in [0.29, 0.717) is 30.2 Å². The fraction of sp³-hybridized carbons (Fsp3) is 0.611. The molecule has 3 atom stereocenters. The lowest BCUT2D eigenvalue weighted by Gasteiger charge is -2.29. The van der Waals surface area contributed by atoms with E-state index in [9.17, 15) is 4.79 Å². The molecule has 1 saturated carbocycles. The molecule has 1 saturated heterocycles. The van der Waals surface area contributed by atoms with E-state index in [2.05, 4.69) is 36.1 Å². The van der Waals surface area contributed by atoms with Crippen molar-refractivity contribution in [2.24, 2.45) is 17.6 Å². The number of amides is 1. The van der Waals surface area contributed by atoms with Gasteiger partial charge in [0.25, 0.3) is 0 Å². The molecule has 3 unspecified atom stereocenters. The third-order valence-electron chi connectivity index (χ3n) is 5.22. The van der Waals surface area contributed by atoms with Gasteiger partial charge in [0.1, 0.15) is 0 Å². The number of fused-ring (bicyclic) bond motifs is 1. The Morgan fingerprint density at radius 3 is 2.95 bits per heavy atom. The normalized spacial score (nSPS) is 28.5. The fourth-order valence-corrected chi connectivity index (χ4v) is 4.00. The van der Waals surface area contributed by atoms with Gasteiger partial charge in [0.2, 0.25) is 5.91 Å². The van der Waals surface area contributed by atoms with Crippen LogP contribution in [0.25, 0.3) is 0 Å². The van der Waals surface area contributed by atoms with E-state index >= 15 is 0 Å². The molecule has 0 spiro atoms. The maximum absolute atomic E-state index is 12.4. The van der Waals surface area contributed by atoms with Crippen LogP contribution in [-0.4, -0.2) is 29.9 Å². The summed E-state index contributed by atoms with van der Waals surface area (Å²) in [6, 6.07) is 8.75. The standard InChI is InChI=1S/C18H26N2O/c1-13-4-2-5-14(10-13)8-9-18(21)20-11-15-6-3-7-17(19)16(15)12-20/h2,4-5,10,15-17H,3,6-9,11-12,19H2,1H3. The summed E-state index contributed by atoms with van der Waals surface area (Å²) >= 11 is 0. The van der Waals surface area contributed by atoms with Crippen LogP contribution in [0.1, 0.15) is 36.8 Å². The molecule has 114 valence electrons. The Hall–Kier alpha value is -1.35. The molecule has 0 bridgehead atoms. The molecule has 0 radical (unpaired) electrons. The van der Waals surface area contributed by atoms with E-state index < -0.39 is 0 Å². The van der Waals surface area contributed by atoms with Crippen molar-refractivity contribution in [2.75, 3.05) is 13.1 Å². The zero-order chi connectivity index (χ0) is 14.8. The zero-order valence-corrected chi connectivity index (χ0v) is 12.9. The Balaban J connectivity index is 1.54. The molecule has 1 aromatic rings. The van der Waals surface area contributed by atoms with Gasteiger partial charge in [0, 0.05) is 25.6 Å². The van der Waals surface area contributed by atoms with Gasteiger partial charge in [-0.05, 0) is 43.6 Å². The summed E-state index contributed by atoms with van der Waals surface area (Å²) in [5.41, 5.74) is 8.75. The number of nitrogens with two attached hydrogens (primary N) is 1. The summed E-state index contributed by atoms with van der Waals surface area (Å²) in [5.74, 6) is 1.50. The van der Waals surface area contributed by atoms with Crippen LogP contribution in [-0.2, 0) is 11.2 Å². The van der Waals surface area contributed by atoms with Crippen LogP contribution >= 0.6 is 0 Å². The van der Waals surface area contributed by atoms with E-state index in [1.807, 2.05) is 0 Å². The maximum atomic E-state index is 12.4. The molecule has 1 aromatic carbocycles. The summed E-state index contributed by atoms with van der Waals surface area (Å²) < 4.78 is 0. The highest BCUT2D eigenvalue weighted by atomic mass is 16.2. The van der Waals surface area contributed by atoms with Gasteiger partial charge < -0.3 is 10.6 Å². The lowest BCUT2D eigenvalue weighted by molar-refractivity contribution is -0.130. The maximum Gasteiger partial charge on any atom is 0.222 e. The Bertz CT molecular complexity index is 514. The molecular weight excluding hydrogens is 260 g/mol. The fourth-order valence-electron chi connectivity index (χ4n) is 4.00. The van der Waals surface area contributed by atoms with Gasteiger partial charge >= 0.3 is 0 Å². The van der Waals surface area contributed by atoms with Crippen LogP contribution in [0.5, 0.6) is 0 Å². The van der Waals surface area contributed by atoms with Gasteiger partial charge in [-0.3, -0.25) is 4.79 Å². The highest BCUT2D eigenvalue weighted by Crippen LogP contribution is 2.35. The number of benzene rings is 1. The Morgan fingerprint density at radius 1 is 1.33 bits per heavy atom. The Labute approximate surface area is 127 Å². The smallest absolute Gasteiger partial charge is 0.222 e. The van der Waals surface area contributed by atoms with Gasteiger partial charge in [0.15, 0.2) is 0 Å². The molecule has 1 aliphatic carbocycles. The van der Waals surface area contributed by atoms with E-state index in [4.69, 9.17) is 5.73 Å². The Kier molecular flexibility index (Phi) is 4.29. The molecule has 3 nitrogen and oxygen atoms in total. The number of aryl methyl sites for hydroxylation is 2. The molecule has 1 amide bonds. The van der Waals surface area contributed by atoms with Crippen LogP contribution in [0.2, 0.25) is 0 Å². The minimum atomic E-state index is 0.304. The predicted octanol–water partition coefficient (Wildman–Crippen LogP) is 2.51. The first-order valence-electron chi connectivity index (χ1n) is 8.22. The summed E-state index contributed by atoms with van der Waals surface area (Å²) in [7, 11) is 0. The molecule has 1 aliphatic heterocycles. The number of hydrogen-bond acceptors (Lipinski definition) is 2. The van der Waals surface area contributed by atoms with Crippen molar-refractivity contribution >= 4 is 5.91 Å². The van der Waals surface area contributed by atoms with Gasteiger partial charge in [-0.2, -0.15) is 0 Å². The summed E-state index contributed by atoms with van der Waals surface area (Å²) in [5, 5.41) is 0. The van der Waals surface area contributed by atoms with Crippen molar-refractivity contribution in [3.05, 3.63) is 35.4 Å². The highest BCUT2D eigenvalue weighted by Gasteiger charge is 2.39. The van der Waals surface area contributed by atoms with E-state index in [0.717, 1.165) is 25.9 Å². The van der Waals surface area contributed by atoms with Gasteiger partial charge in [-0.25, -0.2) is 0 Å². The first-order chi connectivity index (χ1) is 10.1. The average molecular weight is 286 g/mol. The largest absolute Gasteiger partial charge is 0.342 e. The van der Waals surface area contributed by atoms with Crippen LogP contribution in [0.3, 0.4) is 0 Å². The van der Waals surface area contributed by atoms with Gasteiger partial charge in [0.05, 0.1) is 0 Å². The van der Waals surface area contributed by atoms with Crippen molar-refractivity contribution in [1.82, 2.24) is 4.90 Å². The quantitative estimate of drug-likeness (QED) is 0.928. The second-order valence-electron chi connectivity index (χ2n) is 6.81. The number of rotatable bonds is 3. The van der Waals surface area contributed by atoms with Gasteiger partial charge in [-0.15, -0.1) is 0 Å². The van der Waals surface area contributed by atoms with Crippen molar-refractivity contribution in [2.45, 2.75) is 45.1 Å². The van der Waals surface area contributed by atoms with Crippen molar-refractivity contribution < 1.29 is 4.79 Å². The van der Waals surface area contributed by atoms with Crippen molar-refractivity contribution in [3.63, 3.8) is 0 Å². The molecule has 2 N–H and O–H groups in total. The highest BCUT2D eigenvalue weighted by molar-refractivity contribution is 5.76. The number of carbonyl (C=O) groups is 1. The number of carbonyl (C=O) groups excluding carboxylic acids is 1. The average Bonchev–Trinajstić information content (AvgIpc) is 2.90. The molecule has 2 fully saturated rings. The van der Waals surface area contributed by atoms with E-state index in [1.54, 1.807) is 0 Å². The minimum Gasteiger partial charge on any atom is -0.342 e. The number of likely N-dealkylation sites (tertiary alicyclic amines) is 1. The van der Waals surface area contributed by atoms with Crippen LogP contribution in [0.4, 0.5) is 0 Å².